The first-order chi connectivity index (χ1) is 8.06. The van der Waals surface area contributed by atoms with Crippen LogP contribution in [-0.2, 0) is 16.1 Å². The van der Waals surface area contributed by atoms with Crippen molar-refractivity contribution in [3.05, 3.63) is 39.7 Å². The molecule has 7 heteroatoms. The molecular weight excluding hydrogens is 231 g/mol. The molecule has 1 aromatic carbocycles. The van der Waals surface area contributed by atoms with Crippen LogP contribution in [0.25, 0.3) is 0 Å². The van der Waals surface area contributed by atoms with Crippen LogP contribution >= 0.6 is 0 Å². The average molecular weight is 242 g/mol. The van der Waals surface area contributed by atoms with E-state index in [9.17, 15) is 19.3 Å². The van der Waals surface area contributed by atoms with Crippen molar-refractivity contribution in [1.29, 1.82) is 0 Å². The highest BCUT2D eigenvalue weighted by molar-refractivity contribution is 5.71. The van der Waals surface area contributed by atoms with Crippen molar-refractivity contribution in [2.24, 2.45) is 0 Å². The standard InChI is InChI=1S/C10H11FN2O4/c1-17-9(14)6-12-5-7-3-2-4-8(10(7)11)13(15)16/h2-4,12H,5-6H2,1H3. The number of hydrogen-bond acceptors (Lipinski definition) is 5. The number of nitrogens with zero attached hydrogens (tertiary/aromatic N) is 1. The minimum absolute atomic E-state index is 0.0165. The summed E-state index contributed by atoms with van der Waals surface area (Å²) in [6.45, 7) is -0.0682. The van der Waals surface area contributed by atoms with Crippen LogP contribution in [0, 0.1) is 15.9 Å². The number of carbonyl (C=O) groups excluding carboxylic acids is 1. The summed E-state index contributed by atoms with van der Waals surface area (Å²) in [4.78, 5) is 20.5. The Balaban J connectivity index is 2.69. The molecule has 0 fully saturated rings. The molecule has 0 unspecified atom stereocenters. The van der Waals surface area contributed by atoms with Crippen LogP contribution in [0.3, 0.4) is 0 Å². The second kappa shape index (κ2) is 5.90. The van der Waals surface area contributed by atoms with Gasteiger partial charge in [0.05, 0.1) is 18.6 Å². The number of hydrogen-bond donors (Lipinski definition) is 1. The number of nitrogens with one attached hydrogen (secondary N) is 1. The molecule has 1 aromatic rings. The predicted octanol–water partition coefficient (Wildman–Crippen LogP) is 0.996. The Morgan fingerprint density at radius 2 is 2.29 bits per heavy atom. The molecule has 1 N–H and O–H groups in total. The first kappa shape index (κ1) is 13.0. The molecule has 92 valence electrons. The summed E-state index contributed by atoms with van der Waals surface area (Å²) >= 11 is 0. The molecule has 0 saturated carbocycles. The van der Waals surface area contributed by atoms with Gasteiger partial charge in [0.1, 0.15) is 0 Å². The van der Waals surface area contributed by atoms with E-state index in [2.05, 4.69) is 10.1 Å². The van der Waals surface area contributed by atoms with E-state index in [4.69, 9.17) is 0 Å². The molecule has 0 saturated heterocycles. The third kappa shape index (κ3) is 3.49. The monoisotopic (exact) mass is 242 g/mol. The van der Waals surface area contributed by atoms with Crippen LogP contribution in [0.15, 0.2) is 18.2 Å². The number of methoxy groups -OCH3 is 1. The highest BCUT2D eigenvalue weighted by Crippen LogP contribution is 2.19. The van der Waals surface area contributed by atoms with Gasteiger partial charge in [0.25, 0.3) is 0 Å². The maximum atomic E-state index is 13.5. The van der Waals surface area contributed by atoms with Crippen molar-refractivity contribution in [3.8, 4) is 0 Å². The first-order valence-corrected chi connectivity index (χ1v) is 4.75. The van der Waals surface area contributed by atoms with Crippen molar-refractivity contribution < 1.29 is 18.8 Å². The molecule has 0 amide bonds. The smallest absolute Gasteiger partial charge is 0.319 e. The summed E-state index contributed by atoms with van der Waals surface area (Å²) in [7, 11) is 1.23. The number of nitro groups is 1. The Morgan fingerprint density at radius 1 is 1.59 bits per heavy atom. The van der Waals surface area contributed by atoms with Gasteiger partial charge in [-0.05, 0) is 0 Å². The third-order valence-corrected chi connectivity index (χ3v) is 2.07. The van der Waals surface area contributed by atoms with E-state index in [1.54, 1.807) is 0 Å². The quantitative estimate of drug-likeness (QED) is 0.473. The maximum Gasteiger partial charge on any atom is 0.319 e. The van der Waals surface area contributed by atoms with E-state index >= 15 is 0 Å². The van der Waals surface area contributed by atoms with E-state index in [0.717, 1.165) is 6.07 Å². The van der Waals surface area contributed by atoms with Crippen molar-refractivity contribution in [2.75, 3.05) is 13.7 Å². The molecule has 17 heavy (non-hydrogen) atoms. The third-order valence-electron chi connectivity index (χ3n) is 2.07. The zero-order valence-electron chi connectivity index (χ0n) is 9.10. The minimum Gasteiger partial charge on any atom is -0.468 e. The fourth-order valence-electron chi connectivity index (χ4n) is 1.22. The van der Waals surface area contributed by atoms with E-state index in [1.807, 2.05) is 0 Å². The van der Waals surface area contributed by atoms with Crippen molar-refractivity contribution in [3.63, 3.8) is 0 Å². The fourth-order valence-corrected chi connectivity index (χ4v) is 1.22. The van der Waals surface area contributed by atoms with Crippen LogP contribution in [0.4, 0.5) is 10.1 Å². The Hall–Kier alpha value is -2.02. The van der Waals surface area contributed by atoms with Crippen molar-refractivity contribution >= 4 is 11.7 Å². The minimum atomic E-state index is -0.894. The second-order valence-electron chi connectivity index (χ2n) is 3.19. The zero-order chi connectivity index (χ0) is 12.8. The normalized spacial score (nSPS) is 10.0. The number of rotatable bonds is 5. The van der Waals surface area contributed by atoms with Crippen LogP contribution in [0.1, 0.15) is 5.56 Å². The molecule has 0 atom stereocenters. The summed E-state index contributed by atoms with van der Waals surface area (Å²) in [5.74, 6) is -1.38. The van der Waals surface area contributed by atoms with E-state index in [1.165, 1.54) is 19.2 Å². The average Bonchev–Trinajstić information content (AvgIpc) is 2.30. The molecule has 1 rings (SSSR count). The van der Waals surface area contributed by atoms with Gasteiger partial charge in [-0.3, -0.25) is 14.9 Å². The highest BCUT2D eigenvalue weighted by Gasteiger charge is 2.16. The second-order valence-corrected chi connectivity index (χ2v) is 3.19. The molecule has 6 nitrogen and oxygen atoms in total. The van der Waals surface area contributed by atoms with Crippen molar-refractivity contribution in [2.45, 2.75) is 6.54 Å². The zero-order valence-corrected chi connectivity index (χ0v) is 9.10. The number of carbonyl (C=O) groups is 1. The Bertz CT molecular complexity index is 436. The molecule has 0 aliphatic heterocycles. The van der Waals surface area contributed by atoms with Crippen LogP contribution in [0.5, 0.6) is 0 Å². The number of esters is 1. The van der Waals surface area contributed by atoms with E-state index < -0.39 is 22.4 Å². The van der Waals surface area contributed by atoms with Gasteiger partial charge in [-0.1, -0.05) is 12.1 Å². The SMILES string of the molecule is COC(=O)CNCc1cccc([N+](=O)[O-])c1F. The lowest BCUT2D eigenvalue weighted by Gasteiger charge is -2.05. The predicted molar refractivity (Wildman–Crippen MR) is 56.8 cm³/mol. The fraction of sp³-hybridized carbons (Fsp3) is 0.300. The molecular formula is C10H11FN2O4. The van der Waals surface area contributed by atoms with Gasteiger partial charge >= 0.3 is 11.7 Å². The van der Waals surface area contributed by atoms with Crippen LogP contribution < -0.4 is 5.32 Å². The molecule has 0 aromatic heterocycles. The van der Waals surface area contributed by atoms with Gasteiger partial charge in [0.15, 0.2) is 0 Å². The molecule has 0 radical (unpaired) electrons. The maximum absolute atomic E-state index is 13.5. The summed E-state index contributed by atoms with van der Waals surface area (Å²) < 4.78 is 17.9. The van der Waals surface area contributed by atoms with Crippen LogP contribution in [-0.4, -0.2) is 24.5 Å². The lowest BCUT2D eigenvalue weighted by Crippen LogP contribution is -2.23. The summed E-state index contributed by atoms with van der Waals surface area (Å²) in [6, 6.07) is 3.88. The van der Waals surface area contributed by atoms with E-state index in [-0.39, 0.29) is 18.7 Å². The molecule has 0 heterocycles. The molecule has 0 spiro atoms. The topological polar surface area (TPSA) is 81.5 Å². The number of halogens is 1. The Morgan fingerprint density at radius 3 is 2.88 bits per heavy atom. The summed E-state index contributed by atoms with van der Waals surface area (Å²) in [6.07, 6.45) is 0. The van der Waals surface area contributed by atoms with Crippen LogP contribution in [0.2, 0.25) is 0 Å². The summed E-state index contributed by atoms with van der Waals surface area (Å²) in [5.41, 5.74) is -0.453. The number of nitro benzene ring substituents is 1. The number of ether oxygens (including phenoxy) is 1. The number of benzene rings is 1. The highest BCUT2D eigenvalue weighted by atomic mass is 19.1. The Labute approximate surface area is 96.5 Å². The van der Waals surface area contributed by atoms with Crippen molar-refractivity contribution in [1.82, 2.24) is 5.32 Å². The molecule has 0 bridgehead atoms. The van der Waals surface area contributed by atoms with E-state index in [0.29, 0.717) is 0 Å². The van der Waals surface area contributed by atoms with Gasteiger partial charge < -0.3 is 10.1 Å². The Kier molecular flexibility index (Phi) is 4.53. The van der Waals surface area contributed by atoms with Gasteiger partial charge in [-0.2, -0.15) is 4.39 Å². The molecule has 0 aliphatic rings. The molecule has 0 aliphatic carbocycles. The lowest BCUT2D eigenvalue weighted by atomic mass is 10.2. The van der Waals surface area contributed by atoms with Gasteiger partial charge in [-0.15, -0.1) is 0 Å². The van der Waals surface area contributed by atoms with Gasteiger partial charge in [0, 0.05) is 18.2 Å². The first-order valence-electron chi connectivity index (χ1n) is 4.75. The van der Waals surface area contributed by atoms with Gasteiger partial charge in [0.2, 0.25) is 5.82 Å². The van der Waals surface area contributed by atoms with Gasteiger partial charge in [-0.25, -0.2) is 0 Å². The largest absolute Gasteiger partial charge is 0.468 e. The lowest BCUT2D eigenvalue weighted by molar-refractivity contribution is -0.387. The summed E-state index contributed by atoms with van der Waals surface area (Å²) in [5, 5.41) is 13.1.